The van der Waals surface area contributed by atoms with Crippen molar-refractivity contribution in [2.24, 2.45) is 0 Å². The topological polar surface area (TPSA) is 80.4 Å². The Labute approximate surface area is 148 Å². The van der Waals surface area contributed by atoms with Gasteiger partial charge in [-0.2, -0.15) is 4.98 Å². The fourth-order valence-corrected chi connectivity index (χ4v) is 3.24. The summed E-state index contributed by atoms with van der Waals surface area (Å²) in [5.41, 5.74) is 0. The van der Waals surface area contributed by atoms with Gasteiger partial charge in [-0.15, -0.1) is 0 Å². The third kappa shape index (κ3) is 4.66. The zero-order valence-electron chi connectivity index (χ0n) is 15.2. The van der Waals surface area contributed by atoms with Crippen molar-refractivity contribution in [1.29, 1.82) is 0 Å². The first kappa shape index (κ1) is 17.6. The molecule has 1 aliphatic heterocycles. The maximum absolute atomic E-state index is 5.49. The highest BCUT2D eigenvalue weighted by Crippen LogP contribution is 2.22. The minimum Gasteiger partial charge on any atom is -0.478 e. The minimum absolute atomic E-state index is 0.497. The second-order valence-electron chi connectivity index (χ2n) is 6.36. The Morgan fingerprint density at radius 2 is 2.20 bits per heavy atom. The lowest BCUT2D eigenvalue weighted by atomic mass is 10.1. The van der Waals surface area contributed by atoms with Crippen LogP contribution in [0.3, 0.4) is 0 Å². The molecule has 0 aromatic carbocycles. The molecule has 1 atom stereocenters. The summed E-state index contributed by atoms with van der Waals surface area (Å²) >= 11 is 0. The number of aromatic nitrogens is 4. The second kappa shape index (κ2) is 8.24. The van der Waals surface area contributed by atoms with Gasteiger partial charge in [-0.3, -0.25) is 4.90 Å². The molecule has 1 unspecified atom stereocenters. The van der Waals surface area contributed by atoms with Gasteiger partial charge in [-0.1, -0.05) is 5.16 Å². The van der Waals surface area contributed by atoms with Gasteiger partial charge in [0.05, 0.1) is 13.2 Å². The summed E-state index contributed by atoms with van der Waals surface area (Å²) in [7, 11) is 2.13. The van der Waals surface area contributed by atoms with Gasteiger partial charge in [0.25, 0.3) is 0 Å². The summed E-state index contributed by atoms with van der Waals surface area (Å²) in [4.78, 5) is 17.5. The van der Waals surface area contributed by atoms with Crippen molar-refractivity contribution in [1.82, 2.24) is 25.0 Å². The number of hydrogen-bond donors (Lipinski definition) is 0. The van der Waals surface area contributed by atoms with Gasteiger partial charge in [0.1, 0.15) is 12.1 Å². The van der Waals surface area contributed by atoms with Gasteiger partial charge in [0.15, 0.2) is 5.82 Å². The Morgan fingerprint density at radius 3 is 2.96 bits per heavy atom. The second-order valence-corrected chi connectivity index (χ2v) is 6.36. The summed E-state index contributed by atoms with van der Waals surface area (Å²) in [6.45, 7) is 7.05. The van der Waals surface area contributed by atoms with E-state index in [-0.39, 0.29) is 0 Å². The molecule has 1 saturated heterocycles. The molecule has 0 saturated carbocycles. The van der Waals surface area contributed by atoms with Crippen LogP contribution in [0.1, 0.15) is 37.9 Å². The summed E-state index contributed by atoms with van der Waals surface area (Å²) in [5.74, 6) is 2.94. The van der Waals surface area contributed by atoms with E-state index < -0.39 is 0 Å². The SMILES string of the molecule is CCOc1cc(N2CCCC(N(C)Cc3noc(C)n3)CC2)ncn1. The van der Waals surface area contributed by atoms with Gasteiger partial charge in [0.2, 0.25) is 11.8 Å². The van der Waals surface area contributed by atoms with Crippen molar-refractivity contribution in [2.75, 3.05) is 31.6 Å². The smallest absolute Gasteiger partial charge is 0.223 e. The molecule has 0 bridgehead atoms. The highest BCUT2D eigenvalue weighted by Gasteiger charge is 2.22. The largest absolute Gasteiger partial charge is 0.478 e. The number of ether oxygens (including phenoxy) is 1. The molecule has 0 N–H and O–H groups in total. The Bertz CT molecular complexity index is 677. The zero-order chi connectivity index (χ0) is 17.6. The summed E-state index contributed by atoms with van der Waals surface area (Å²) in [5, 5.41) is 3.99. The summed E-state index contributed by atoms with van der Waals surface area (Å²) in [6, 6.07) is 2.42. The zero-order valence-corrected chi connectivity index (χ0v) is 15.2. The van der Waals surface area contributed by atoms with Gasteiger partial charge >= 0.3 is 0 Å². The number of aryl methyl sites for hydroxylation is 1. The molecule has 8 heteroatoms. The normalized spacial score (nSPS) is 18.4. The van der Waals surface area contributed by atoms with Crippen molar-refractivity contribution >= 4 is 5.82 Å². The van der Waals surface area contributed by atoms with E-state index in [1.165, 1.54) is 0 Å². The molecule has 136 valence electrons. The van der Waals surface area contributed by atoms with Crippen molar-refractivity contribution in [3.8, 4) is 5.88 Å². The van der Waals surface area contributed by atoms with Crippen molar-refractivity contribution in [2.45, 2.75) is 45.7 Å². The third-order valence-electron chi connectivity index (χ3n) is 4.53. The number of anilines is 1. The molecule has 25 heavy (non-hydrogen) atoms. The van der Waals surface area contributed by atoms with E-state index >= 15 is 0 Å². The van der Waals surface area contributed by atoms with E-state index in [0.29, 0.717) is 31.0 Å². The van der Waals surface area contributed by atoms with Gasteiger partial charge in [0, 0.05) is 32.1 Å². The highest BCUT2D eigenvalue weighted by atomic mass is 16.5. The van der Waals surface area contributed by atoms with E-state index in [4.69, 9.17) is 9.26 Å². The average Bonchev–Trinajstić information content (AvgIpc) is 2.86. The average molecular weight is 346 g/mol. The minimum atomic E-state index is 0.497. The van der Waals surface area contributed by atoms with Crippen molar-refractivity contribution in [3.63, 3.8) is 0 Å². The van der Waals surface area contributed by atoms with Crippen LogP contribution >= 0.6 is 0 Å². The van der Waals surface area contributed by atoms with Crippen LogP contribution in [0.4, 0.5) is 5.82 Å². The lowest BCUT2D eigenvalue weighted by Crippen LogP contribution is -2.33. The predicted octanol–water partition coefficient (Wildman–Crippen LogP) is 2.06. The monoisotopic (exact) mass is 346 g/mol. The first-order valence-corrected chi connectivity index (χ1v) is 8.85. The van der Waals surface area contributed by atoms with E-state index in [1.807, 2.05) is 19.9 Å². The van der Waals surface area contributed by atoms with E-state index in [1.54, 1.807) is 6.33 Å². The number of hydrogen-bond acceptors (Lipinski definition) is 8. The van der Waals surface area contributed by atoms with Crippen LogP contribution in [0.2, 0.25) is 0 Å². The van der Waals surface area contributed by atoms with E-state index in [9.17, 15) is 0 Å². The van der Waals surface area contributed by atoms with Crippen molar-refractivity contribution in [3.05, 3.63) is 24.1 Å². The molecule has 0 aliphatic carbocycles. The van der Waals surface area contributed by atoms with E-state index in [2.05, 4.69) is 37.0 Å². The molecule has 3 heterocycles. The third-order valence-corrected chi connectivity index (χ3v) is 4.53. The quantitative estimate of drug-likeness (QED) is 0.786. The lowest BCUT2D eigenvalue weighted by molar-refractivity contribution is 0.209. The van der Waals surface area contributed by atoms with Crippen LogP contribution < -0.4 is 9.64 Å². The van der Waals surface area contributed by atoms with Gasteiger partial charge in [-0.05, 0) is 33.2 Å². The molecular formula is C17H26N6O2. The molecule has 0 spiro atoms. The lowest BCUT2D eigenvalue weighted by Gasteiger charge is -2.26. The molecule has 2 aromatic heterocycles. The van der Waals surface area contributed by atoms with E-state index in [0.717, 1.165) is 44.0 Å². The van der Waals surface area contributed by atoms with Crippen LogP contribution in [0, 0.1) is 6.92 Å². The predicted molar refractivity (Wildman–Crippen MR) is 93.6 cm³/mol. The summed E-state index contributed by atoms with van der Waals surface area (Å²) < 4.78 is 10.5. The van der Waals surface area contributed by atoms with Crippen LogP contribution in [0.25, 0.3) is 0 Å². The fourth-order valence-electron chi connectivity index (χ4n) is 3.24. The van der Waals surface area contributed by atoms with Crippen LogP contribution in [-0.4, -0.2) is 57.8 Å². The molecule has 1 aliphatic rings. The molecule has 0 amide bonds. The maximum Gasteiger partial charge on any atom is 0.223 e. The first-order valence-electron chi connectivity index (χ1n) is 8.85. The Hall–Kier alpha value is -2.22. The standard InChI is InChI=1S/C17H26N6O2/c1-4-24-17-10-16(18-12-19-17)23-8-5-6-14(7-9-23)22(3)11-15-20-13(2)25-21-15/h10,12,14H,4-9,11H2,1-3H3. The molecule has 2 aromatic rings. The number of rotatable bonds is 6. The molecule has 8 nitrogen and oxygen atoms in total. The first-order chi connectivity index (χ1) is 12.2. The fraction of sp³-hybridized carbons (Fsp3) is 0.647. The Kier molecular flexibility index (Phi) is 5.80. The van der Waals surface area contributed by atoms with Gasteiger partial charge < -0.3 is 14.2 Å². The molecular weight excluding hydrogens is 320 g/mol. The van der Waals surface area contributed by atoms with Crippen LogP contribution in [0.5, 0.6) is 5.88 Å². The highest BCUT2D eigenvalue weighted by molar-refractivity contribution is 5.40. The molecule has 0 radical (unpaired) electrons. The molecule has 1 fully saturated rings. The molecule has 3 rings (SSSR count). The maximum atomic E-state index is 5.49. The number of nitrogens with zero attached hydrogens (tertiary/aromatic N) is 6. The Balaban J connectivity index is 1.59. The Morgan fingerprint density at radius 1 is 1.32 bits per heavy atom. The van der Waals surface area contributed by atoms with Crippen molar-refractivity contribution < 1.29 is 9.26 Å². The van der Waals surface area contributed by atoms with Gasteiger partial charge in [-0.25, -0.2) is 9.97 Å². The van der Waals surface area contributed by atoms with Crippen LogP contribution in [-0.2, 0) is 6.54 Å². The summed E-state index contributed by atoms with van der Waals surface area (Å²) in [6.07, 6.45) is 4.91. The van der Waals surface area contributed by atoms with Crippen LogP contribution in [0.15, 0.2) is 16.9 Å².